The molecule has 1 N–H and O–H groups in total. The molecular formula is C33H61NO7P+. The molecule has 0 bridgehead atoms. The normalized spacial score (nSPS) is 14.9. The summed E-state index contributed by atoms with van der Waals surface area (Å²) in [5.74, 6) is -0.360. The third kappa shape index (κ3) is 29.9. The zero-order valence-corrected chi connectivity index (χ0v) is 28.1. The SMILES string of the molecule is CC/C=C\C/C=C\C/C=C\C/C=C\CCCCCCCOCC(COP(=O)(O)OCC[N+](C)(C)C)OC(=O)CCCC. The number of ether oxygens (including phenoxy) is 2. The first kappa shape index (κ1) is 40.5. The van der Waals surface area contributed by atoms with Gasteiger partial charge in [0.15, 0.2) is 0 Å². The summed E-state index contributed by atoms with van der Waals surface area (Å²) >= 11 is 0. The molecular weight excluding hydrogens is 553 g/mol. The van der Waals surface area contributed by atoms with Crippen molar-refractivity contribution in [3.05, 3.63) is 48.6 Å². The van der Waals surface area contributed by atoms with E-state index in [1.54, 1.807) is 0 Å². The molecule has 0 aromatic heterocycles. The molecule has 42 heavy (non-hydrogen) atoms. The molecule has 0 aliphatic heterocycles. The van der Waals surface area contributed by atoms with Crippen molar-refractivity contribution in [2.24, 2.45) is 0 Å². The lowest BCUT2D eigenvalue weighted by Crippen LogP contribution is -2.37. The van der Waals surface area contributed by atoms with Crippen LogP contribution in [0.25, 0.3) is 0 Å². The van der Waals surface area contributed by atoms with Crippen molar-refractivity contribution in [1.29, 1.82) is 0 Å². The topological polar surface area (TPSA) is 91.3 Å². The molecule has 0 spiro atoms. The molecule has 0 aliphatic rings. The predicted molar refractivity (Wildman–Crippen MR) is 173 cm³/mol. The standard InChI is InChI=1S/C33H60NO7P/c1-6-8-10-11-12-13-14-15-16-17-18-19-20-21-22-23-24-25-28-38-30-32(41-33(35)26-9-7-2)31-40-42(36,37)39-29-27-34(3,4)5/h8,10,12-13,15-16,18-19,32H,6-7,9,11,14,17,20-31H2,1-5H3/p+1/b10-8-,13-12-,16-15-,19-18-. The Morgan fingerprint density at radius 2 is 1.36 bits per heavy atom. The molecule has 0 rings (SSSR count). The second kappa shape index (κ2) is 27.0. The van der Waals surface area contributed by atoms with Crippen LogP contribution in [0.4, 0.5) is 0 Å². The molecule has 0 heterocycles. The number of nitrogens with zero attached hydrogens (tertiary/aromatic N) is 1. The van der Waals surface area contributed by atoms with E-state index in [0.29, 0.717) is 24.1 Å². The number of carbonyl (C=O) groups is 1. The van der Waals surface area contributed by atoms with Crippen molar-refractivity contribution < 1.29 is 37.3 Å². The molecule has 0 fully saturated rings. The molecule has 2 atom stereocenters. The van der Waals surface area contributed by atoms with Crippen LogP contribution in [0.15, 0.2) is 48.6 Å². The number of phosphoric ester groups is 1. The number of phosphoric acid groups is 1. The van der Waals surface area contributed by atoms with Gasteiger partial charge in [0, 0.05) is 13.0 Å². The molecule has 0 aromatic rings. The Balaban J connectivity index is 4.07. The fourth-order valence-electron chi connectivity index (χ4n) is 3.64. The Labute approximate surface area is 257 Å². The van der Waals surface area contributed by atoms with E-state index in [1.807, 2.05) is 28.1 Å². The summed E-state index contributed by atoms with van der Waals surface area (Å²) in [4.78, 5) is 22.1. The van der Waals surface area contributed by atoms with Gasteiger partial charge in [-0.15, -0.1) is 0 Å². The highest BCUT2D eigenvalue weighted by Crippen LogP contribution is 2.43. The molecule has 244 valence electrons. The van der Waals surface area contributed by atoms with Crippen molar-refractivity contribution in [1.82, 2.24) is 0 Å². The third-order valence-electron chi connectivity index (χ3n) is 6.15. The average Bonchev–Trinajstić information content (AvgIpc) is 2.92. The van der Waals surface area contributed by atoms with Gasteiger partial charge < -0.3 is 18.9 Å². The number of esters is 1. The lowest BCUT2D eigenvalue weighted by atomic mass is 10.1. The summed E-state index contributed by atoms with van der Waals surface area (Å²) in [6, 6.07) is 0. The first-order valence-electron chi connectivity index (χ1n) is 15.9. The number of unbranched alkanes of at least 4 members (excludes halogenated alkanes) is 6. The first-order chi connectivity index (χ1) is 20.1. The van der Waals surface area contributed by atoms with Gasteiger partial charge in [0.1, 0.15) is 19.3 Å². The van der Waals surface area contributed by atoms with Gasteiger partial charge in [-0.2, -0.15) is 0 Å². The van der Waals surface area contributed by atoms with E-state index in [2.05, 4.69) is 55.5 Å². The highest BCUT2D eigenvalue weighted by atomic mass is 31.2. The monoisotopic (exact) mass is 614 g/mol. The van der Waals surface area contributed by atoms with Crippen LogP contribution in [-0.2, 0) is 27.9 Å². The number of hydrogen-bond acceptors (Lipinski definition) is 6. The average molecular weight is 615 g/mol. The lowest BCUT2D eigenvalue weighted by molar-refractivity contribution is -0.870. The van der Waals surface area contributed by atoms with Crippen LogP contribution in [0.3, 0.4) is 0 Å². The van der Waals surface area contributed by atoms with Crippen LogP contribution in [0.1, 0.15) is 97.3 Å². The van der Waals surface area contributed by atoms with E-state index >= 15 is 0 Å². The van der Waals surface area contributed by atoms with Crippen LogP contribution >= 0.6 is 7.82 Å². The predicted octanol–water partition coefficient (Wildman–Crippen LogP) is 8.09. The number of likely N-dealkylation sites (N-methyl/N-ethyl adjacent to an activating group) is 1. The fraction of sp³-hybridized carbons (Fsp3) is 0.727. The molecule has 0 aromatic carbocycles. The Morgan fingerprint density at radius 1 is 0.762 bits per heavy atom. The minimum absolute atomic E-state index is 0.0815. The third-order valence-corrected chi connectivity index (χ3v) is 7.14. The molecule has 0 radical (unpaired) electrons. The van der Waals surface area contributed by atoms with Crippen LogP contribution in [0.5, 0.6) is 0 Å². The lowest BCUT2D eigenvalue weighted by Gasteiger charge is -2.24. The molecule has 0 saturated heterocycles. The second-order valence-corrected chi connectivity index (χ2v) is 12.9. The maximum absolute atomic E-state index is 12.2. The van der Waals surface area contributed by atoms with Crippen LogP contribution in [-0.4, -0.2) is 75.6 Å². The van der Waals surface area contributed by atoms with Crippen molar-refractivity contribution >= 4 is 13.8 Å². The summed E-state index contributed by atoms with van der Waals surface area (Å²) in [6.45, 7) is 5.18. The zero-order valence-electron chi connectivity index (χ0n) is 27.2. The highest BCUT2D eigenvalue weighted by molar-refractivity contribution is 7.47. The number of quaternary nitrogens is 1. The molecule has 0 saturated carbocycles. The van der Waals surface area contributed by atoms with E-state index in [9.17, 15) is 14.3 Å². The highest BCUT2D eigenvalue weighted by Gasteiger charge is 2.26. The van der Waals surface area contributed by atoms with E-state index in [0.717, 1.165) is 64.2 Å². The van der Waals surface area contributed by atoms with Crippen LogP contribution in [0.2, 0.25) is 0 Å². The molecule has 0 aliphatic carbocycles. The van der Waals surface area contributed by atoms with Gasteiger partial charge in [-0.25, -0.2) is 4.57 Å². The minimum Gasteiger partial charge on any atom is -0.457 e. The van der Waals surface area contributed by atoms with E-state index in [-0.39, 0.29) is 25.8 Å². The Morgan fingerprint density at radius 3 is 1.98 bits per heavy atom. The maximum Gasteiger partial charge on any atom is 0.472 e. The van der Waals surface area contributed by atoms with Gasteiger partial charge >= 0.3 is 13.8 Å². The maximum atomic E-state index is 12.2. The number of allylic oxidation sites excluding steroid dienone is 8. The number of rotatable bonds is 28. The molecule has 8 nitrogen and oxygen atoms in total. The Hall–Kier alpha value is -1.54. The van der Waals surface area contributed by atoms with Gasteiger partial charge in [0.05, 0.1) is 34.4 Å². The summed E-state index contributed by atoms with van der Waals surface area (Å²) in [6.07, 6.45) is 29.6. The largest absolute Gasteiger partial charge is 0.472 e. The molecule has 9 heteroatoms. The van der Waals surface area contributed by atoms with Crippen molar-refractivity contribution in [3.8, 4) is 0 Å². The quantitative estimate of drug-likeness (QED) is 0.0313. The summed E-state index contributed by atoms with van der Waals surface area (Å²) in [5.41, 5.74) is 0. The van der Waals surface area contributed by atoms with Gasteiger partial charge in [0.25, 0.3) is 0 Å². The van der Waals surface area contributed by atoms with E-state index in [1.165, 1.54) is 12.8 Å². The Kier molecular flexibility index (Phi) is 26.0. The zero-order chi connectivity index (χ0) is 31.4. The van der Waals surface area contributed by atoms with E-state index < -0.39 is 13.9 Å². The van der Waals surface area contributed by atoms with Gasteiger partial charge in [-0.3, -0.25) is 13.8 Å². The summed E-state index contributed by atoms with van der Waals surface area (Å²) in [7, 11) is 1.64. The minimum atomic E-state index is -4.25. The van der Waals surface area contributed by atoms with Crippen molar-refractivity contribution in [2.75, 3.05) is 54.1 Å². The van der Waals surface area contributed by atoms with Crippen molar-refractivity contribution in [3.63, 3.8) is 0 Å². The van der Waals surface area contributed by atoms with Crippen LogP contribution in [0, 0.1) is 0 Å². The second-order valence-electron chi connectivity index (χ2n) is 11.5. The number of carbonyl (C=O) groups excluding carboxylic acids is 1. The molecule has 0 amide bonds. The van der Waals surface area contributed by atoms with Gasteiger partial charge in [-0.1, -0.05) is 88.1 Å². The summed E-state index contributed by atoms with van der Waals surface area (Å²) < 4.78 is 34.2. The summed E-state index contributed by atoms with van der Waals surface area (Å²) in [5, 5.41) is 0. The number of hydrogen-bond donors (Lipinski definition) is 1. The first-order valence-corrected chi connectivity index (χ1v) is 17.4. The fourth-order valence-corrected chi connectivity index (χ4v) is 4.38. The van der Waals surface area contributed by atoms with Gasteiger partial charge in [-0.05, 0) is 51.4 Å². The Bertz CT molecular complexity index is 818. The van der Waals surface area contributed by atoms with E-state index in [4.69, 9.17) is 18.5 Å². The van der Waals surface area contributed by atoms with Crippen LogP contribution < -0.4 is 0 Å². The van der Waals surface area contributed by atoms with Crippen molar-refractivity contribution in [2.45, 2.75) is 103 Å². The molecule has 2 unspecified atom stereocenters. The van der Waals surface area contributed by atoms with Gasteiger partial charge in [0.2, 0.25) is 0 Å². The smallest absolute Gasteiger partial charge is 0.457 e.